The molecular formula is C19H19NO5. The Morgan fingerprint density at radius 1 is 1.16 bits per heavy atom. The van der Waals surface area contributed by atoms with Crippen LogP contribution < -0.4 is 4.90 Å². The number of carbonyl (C=O) groups excluding carboxylic acids is 3. The molecule has 2 saturated heterocycles. The Morgan fingerprint density at radius 2 is 1.80 bits per heavy atom. The van der Waals surface area contributed by atoms with Crippen LogP contribution in [0.2, 0.25) is 0 Å². The fourth-order valence-corrected chi connectivity index (χ4v) is 4.51. The Bertz CT molecular complexity index is 840. The molecule has 6 heteroatoms. The van der Waals surface area contributed by atoms with Gasteiger partial charge in [0, 0.05) is 0 Å². The molecule has 0 aromatic heterocycles. The molecule has 3 aliphatic heterocycles. The minimum atomic E-state index is -1.13. The number of hydrogen-bond donors (Lipinski definition) is 0. The van der Waals surface area contributed by atoms with E-state index in [0.29, 0.717) is 16.8 Å². The molecule has 3 heterocycles. The van der Waals surface area contributed by atoms with E-state index in [2.05, 4.69) is 0 Å². The first-order chi connectivity index (χ1) is 11.8. The molecule has 2 amide bonds. The van der Waals surface area contributed by atoms with Crippen molar-refractivity contribution in [3.63, 3.8) is 0 Å². The van der Waals surface area contributed by atoms with Gasteiger partial charge in [0.1, 0.15) is 5.60 Å². The summed E-state index contributed by atoms with van der Waals surface area (Å²) in [6.45, 7) is 5.42. The predicted octanol–water partition coefficient (Wildman–Crippen LogP) is 1.76. The number of imide groups is 1. The molecule has 6 nitrogen and oxygen atoms in total. The van der Waals surface area contributed by atoms with Crippen molar-refractivity contribution in [1.29, 1.82) is 0 Å². The first-order valence-corrected chi connectivity index (χ1v) is 8.23. The maximum Gasteiger partial charge on any atom is 0.336 e. The molecule has 0 aliphatic carbocycles. The Labute approximate surface area is 145 Å². The Balaban J connectivity index is 1.79. The van der Waals surface area contributed by atoms with E-state index in [0.717, 1.165) is 5.56 Å². The first-order valence-electron chi connectivity index (χ1n) is 8.23. The predicted molar refractivity (Wildman–Crippen MR) is 88.6 cm³/mol. The van der Waals surface area contributed by atoms with Gasteiger partial charge in [-0.25, -0.2) is 9.69 Å². The molecule has 0 radical (unpaired) electrons. The molecule has 0 unspecified atom stereocenters. The number of carbonyl (C=O) groups is 3. The van der Waals surface area contributed by atoms with Gasteiger partial charge in [0.15, 0.2) is 0 Å². The minimum Gasteiger partial charge on any atom is -0.466 e. The zero-order valence-electron chi connectivity index (χ0n) is 14.5. The summed E-state index contributed by atoms with van der Waals surface area (Å²) in [6.07, 6.45) is -0.559. The number of nitrogens with zero attached hydrogens (tertiary/aromatic N) is 1. The molecule has 25 heavy (non-hydrogen) atoms. The lowest BCUT2D eigenvalue weighted by atomic mass is 9.70. The van der Waals surface area contributed by atoms with E-state index in [1.54, 1.807) is 26.0 Å². The molecule has 0 saturated carbocycles. The Morgan fingerprint density at radius 3 is 2.40 bits per heavy atom. The molecule has 0 N–H and O–H groups in total. The molecule has 2 fully saturated rings. The van der Waals surface area contributed by atoms with Gasteiger partial charge < -0.3 is 9.47 Å². The molecule has 4 atom stereocenters. The smallest absolute Gasteiger partial charge is 0.336 e. The number of aryl methyl sites for hydroxylation is 1. The van der Waals surface area contributed by atoms with Crippen LogP contribution in [0.1, 0.15) is 19.4 Å². The van der Waals surface area contributed by atoms with Gasteiger partial charge in [0.2, 0.25) is 11.8 Å². The number of anilines is 1. The topological polar surface area (TPSA) is 72.9 Å². The Hall–Kier alpha value is -2.47. The summed E-state index contributed by atoms with van der Waals surface area (Å²) in [5, 5.41) is 0. The van der Waals surface area contributed by atoms with Gasteiger partial charge in [-0.1, -0.05) is 17.7 Å². The summed E-state index contributed by atoms with van der Waals surface area (Å²) in [5.74, 6) is -2.39. The van der Waals surface area contributed by atoms with Gasteiger partial charge in [-0.05, 0) is 38.5 Å². The Kier molecular flexibility index (Phi) is 3.22. The standard InChI is InChI=1S/C19H19NO5/c1-9-5-7-11(8-6-9)20-16(21)12-14(17(20)22)19(3)13(18(23)24-4)10(2)15(12)25-19/h5-8,12,14-15H,1-4H3/t12-,14-,15+,19-/m0/s1. The highest BCUT2D eigenvalue weighted by atomic mass is 16.5. The number of benzene rings is 1. The number of methoxy groups -OCH3 is 1. The summed E-state index contributed by atoms with van der Waals surface area (Å²) in [4.78, 5) is 39.5. The number of fused-ring (bicyclic) bond motifs is 5. The maximum atomic E-state index is 13.1. The number of esters is 1. The van der Waals surface area contributed by atoms with E-state index in [9.17, 15) is 14.4 Å². The van der Waals surface area contributed by atoms with Crippen LogP contribution in [0, 0.1) is 18.8 Å². The average molecular weight is 341 g/mol. The van der Waals surface area contributed by atoms with Crippen molar-refractivity contribution in [3.05, 3.63) is 41.0 Å². The van der Waals surface area contributed by atoms with Crippen molar-refractivity contribution in [2.75, 3.05) is 12.0 Å². The van der Waals surface area contributed by atoms with Crippen LogP contribution in [-0.4, -0.2) is 36.6 Å². The summed E-state index contributed by atoms with van der Waals surface area (Å²) in [6, 6.07) is 7.25. The third-order valence-electron chi connectivity index (χ3n) is 5.64. The average Bonchev–Trinajstić information content (AvgIpc) is 3.13. The minimum absolute atomic E-state index is 0.268. The van der Waals surface area contributed by atoms with Gasteiger partial charge >= 0.3 is 5.97 Å². The van der Waals surface area contributed by atoms with Crippen LogP contribution in [0.3, 0.4) is 0 Å². The molecule has 0 spiro atoms. The van der Waals surface area contributed by atoms with E-state index >= 15 is 0 Å². The lowest BCUT2D eigenvalue weighted by Gasteiger charge is -2.29. The van der Waals surface area contributed by atoms with E-state index in [4.69, 9.17) is 9.47 Å². The fraction of sp³-hybridized carbons (Fsp3) is 0.421. The maximum absolute atomic E-state index is 13.1. The summed E-state index contributed by atoms with van der Waals surface area (Å²) in [7, 11) is 1.30. The van der Waals surface area contributed by atoms with Crippen molar-refractivity contribution in [2.45, 2.75) is 32.5 Å². The fourth-order valence-electron chi connectivity index (χ4n) is 4.51. The van der Waals surface area contributed by atoms with Crippen molar-refractivity contribution >= 4 is 23.5 Å². The van der Waals surface area contributed by atoms with Crippen LogP contribution in [0.4, 0.5) is 5.69 Å². The molecule has 2 bridgehead atoms. The van der Waals surface area contributed by atoms with E-state index in [-0.39, 0.29) is 11.8 Å². The van der Waals surface area contributed by atoms with E-state index in [1.807, 2.05) is 19.1 Å². The van der Waals surface area contributed by atoms with Crippen LogP contribution in [-0.2, 0) is 23.9 Å². The van der Waals surface area contributed by atoms with Gasteiger partial charge in [0.25, 0.3) is 0 Å². The van der Waals surface area contributed by atoms with Crippen molar-refractivity contribution < 1.29 is 23.9 Å². The summed E-state index contributed by atoms with van der Waals surface area (Å²) in [5.41, 5.74) is 1.52. The largest absolute Gasteiger partial charge is 0.466 e. The molecular weight excluding hydrogens is 322 g/mol. The number of hydrogen-bond acceptors (Lipinski definition) is 5. The van der Waals surface area contributed by atoms with Crippen molar-refractivity contribution in [2.24, 2.45) is 11.8 Å². The lowest BCUT2D eigenvalue weighted by molar-refractivity contribution is -0.139. The first kappa shape index (κ1) is 16.0. The third kappa shape index (κ3) is 1.86. The lowest BCUT2D eigenvalue weighted by Crippen LogP contribution is -2.43. The van der Waals surface area contributed by atoms with E-state index in [1.165, 1.54) is 12.0 Å². The summed E-state index contributed by atoms with van der Waals surface area (Å²) < 4.78 is 10.8. The molecule has 130 valence electrons. The third-order valence-corrected chi connectivity index (χ3v) is 5.64. The quantitative estimate of drug-likeness (QED) is 0.605. The SMILES string of the molecule is COC(=O)C1=C(C)[C@H]2O[C@]1(C)[C@@H]1C(=O)N(c3ccc(C)cc3)C(=O)[C@H]21. The molecule has 1 aromatic carbocycles. The normalized spacial score (nSPS) is 33.3. The second kappa shape index (κ2) is 5.02. The van der Waals surface area contributed by atoms with Crippen LogP contribution >= 0.6 is 0 Å². The molecule has 1 aromatic rings. The zero-order chi connectivity index (χ0) is 18.1. The van der Waals surface area contributed by atoms with Crippen LogP contribution in [0.25, 0.3) is 0 Å². The van der Waals surface area contributed by atoms with E-state index < -0.39 is 29.5 Å². The highest BCUT2D eigenvalue weighted by Gasteiger charge is 2.71. The van der Waals surface area contributed by atoms with Crippen molar-refractivity contribution in [3.8, 4) is 0 Å². The highest BCUT2D eigenvalue weighted by molar-refractivity contribution is 6.24. The van der Waals surface area contributed by atoms with Crippen molar-refractivity contribution in [1.82, 2.24) is 0 Å². The number of ether oxygens (including phenoxy) is 2. The van der Waals surface area contributed by atoms with Gasteiger partial charge in [-0.3, -0.25) is 9.59 Å². The van der Waals surface area contributed by atoms with Gasteiger partial charge in [0.05, 0.1) is 36.3 Å². The summed E-state index contributed by atoms with van der Waals surface area (Å²) >= 11 is 0. The van der Waals surface area contributed by atoms with Gasteiger partial charge in [-0.15, -0.1) is 0 Å². The number of amides is 2. The second-order valence-electron chi connectivity index (χ2n) is 7.05. The van der Waals surface area contributed by atoms with Gasteiger partial charge in [-0.2, -0.15) is 0 Å². The highest BCUT2D eigenvalue weighted by Crippen LogP contribution is 2.58. The van der Waals surface area contributed by atoms with Crippen LogP contribution in [0.15, 0.2) is 35.4 Å². The molecule has 3 aliphatic rings. The molecule has 4 rings (SSSR count). The monoisotopic (exact) mass is 341 g/mol. The second-order valence-corrected chi connectivity index (χ2v) is 7.05. The number of rotatable bonds is 2. The van der Waals surface area contributed by atoms with Crippen LogP contribution in [0.5, 0.6) is 0 Å². The zero-order valence-corrected chi connectivity index (χ0v) is 14.5.